The van der Waals surface area contributed by atoms with Gasteiger partial charge in [-0.15, -0.1) is 0 Å². The number of carbonyl (C=O) groups excluding carboxylic acids is 2. The third-order valence-electron chi connectivity index (χ3n) is 7.30. The van der Waals surface area contributed by atoms with Crippen molar-refractivity contribution in [2.24, 2.45) is 11.8 Å². The fourth-order valence-electron chi connectivity index (χ4n) is 5.60. The zero-order chi connectivity index (χ0) is 26.6. The molecule has 1 fully saturated rings. The average molecular weight is 522 g/mol. The number of methoxy groups -OCH3 is 2. The number of benzene rings is 2. The maximum Gasteiger partial charge on any atom is 0.310 e. The summed E-state index contributed by atoms with van der Waals surface area (Å²) in [5.41, 5.74) is 2.09. The van der Waals surface area contributed by atoms with E-state index in [0.29, 0.717) is 28.2 Å². The largest absolute Gasteiger partial charge is 0.502 e. The third kappa shape index (κ3) is 3.73. The van der Waals surface area contributed by atoms with Crippen molar-refractivity contribution in [1.29, 1.82) is 0 Å². The second kappa shape index (κ2) is 9.09. The quantitative estimate of drug-likeness (QED) is 0.486. The first-order chi connectivity index (χ1) is 18.4. The zero-order valence-corrected chi connectivity index (χ0v) is 20.4. The number of hydrogen-bond donors (Lipinski definition) is 2. The number of halogens is 1. The topological polar surface area (TPSA) is 125 Å². The van der Waals surface area contributed by atoms with E-state index in [1.54, 1.807) is 24.3 Å². The maximum absolute atomic E-state index is 13.8. The Bertz CT molecular complexity index is 1440. The molecule has 2 aromatic carbocycles. The molecular weight excluding hydrogens is 499 g/mol. The SMILES string of the molecule is COc1cc([C@@H]2c3cc4c(cc3[C@@H](NC(=O)c3cncc(F)c3)[C@H]3COC(=O)[C@H]23)OCO4)cc(OC)c1O. The summed E-state index contributed by atoms with van der Waals surface area (Å²) in [7, 11) is 2.84. The molecule has 2 N–H and O–H groups in total. The number of nitrogens with one attached hydrogen (secondary N) is 1. The van der Waals surface area contributed by atoms with Crippen LogP contribution in [0.2, 0.25) is 0 Å². The number of phenolic OH excluding ortho intramolecular Hbond substituents is 1. The van der Waals surface area contributed by atoms with E-state index in [0.717, 1.165) is 12.3 Å². The van der Waals surface area contributed by atoms with Crippen molar-refractivity contribution in [1.82, 2.24) is 10.3 Å². The van der Waals surface area contributed by atoms with Crippen molar-refractivity contribution in [3.8, 4) is 28.7 Å². The third-order valence-corrected chi connectivity index (χ3v) is 7.30. The highest BCUT2D eigenvalue weighted by molar-refractivity contribution is 5.94. The molecule has 38 heavy (non-hydrogen) atoms. The van der Waals surface area contributed by atoms with Crippen molar-refractivity contribution in [3.05, 3.63) is 70.8 Å². The van der Waals surface area contributed by atoms with Gasteiger partial charge in [0, 0.05) is 18.0 Å². The summed E-state index contributed by atoms with van der Waals surface area (Å²) in [5.74, 6) is -2.14. The average Bonchev–Trinajstić information content (AvgIpc) is 3.54. The van der Waals surface area contributed by atoms with Crippen LogP contribution in [0.4, 0.5) is 4.39 Å². The van der Waals surface area contributed by atoms with Crippen molar-refractivity contribution >= 4 is 11.9 Å². The Morgan fingerprint density at radius 2 is 1.71 bits per heavy atom. The molecule has 0 spiro atoms. The minimum atomic E-state index is -0.697. The number of hydrogen-bond acceptors (Lipinski definition) is 9. The Kier molecular flexibility index (Phi) is 5.70. The minimum Gasteiger partial charge on any atom is -0.502 e. The Balaban J connectivity index is 1.52. The van der Waals surface area contributed by atoms with Gasteiger partial charge < -0.3 is 34.1 Å². The van der Waals surface area contributed by atoms with Gasteiger partial charge in [0.05, 0.1) is 44.5 Å². The second-order valence-corrected chi connectivity index (χ2v) is 9.25. The number of pyridine rings is 1. The lowest BCUT2D eigenvalue weighted by Gasteiger charge is -2.39. The lowest BCUT2D eigenvalue weighted by molar-refractivity contribution is -0.141. The van der Waals surface area contributed by atoms with Gasteiger partial charge in [0.25, 0.3) is 5.91 Å². The normalized spacial score (nSPS) is 22.8. The summed E-state index contributed by atoms with van der Waals surface area (Å²) in [6, 6.07) is 7.31. The van der Waals surface area contributed by atoms with Gasteiger partial charge in [0.2, 0.25) is 12.5 Å². The molecule has 1 aliphatic carbocycles. The highest BCUT2D eigenvalue weighted by atomic mass is 19.1. The number of carbonyl (C=O) groups is 2. The van der Waals surface area contributed by atoms with E-state index in [4.69, 9.17) is 23.7 Å². The van der Waals surface area contributed by atoms with E-state index in [1.807, 2.05) is 0 Å². The highest BCUT2D eigenvalue weighted by Crippen LogP contribution is 2.55. The predicted molar refractivity (Wildman–Crippen MR) is 128 cm³/mol. The Labute approximate surface area is 216 Å². The Hall–Kier alpha value is -4.54. The summed E-state index contributed by atoms with van der Waals surface area (Å²) in [6.07, 6.45) is 2.28. The molecule has 0 radical (unpaired) electrons. The molecule has 1 saturated heterocycles. The number of esters is 1. The molecule has 3 heterocycles. The molecule has 4 atom stereocenters. The Morgan fingerprint density at radius 1 is 1.03 bits per heavy atom. The standard InChI is InChI=1S/C27H23FN2O8/c1-34-20-4-12(5-21(35-2)25(20)31)22-15-6-18-19(38-11-37-18)7-16(15)24(17-10-36-27(33)23(17)22)30-26(32)13-3-14(28)9-29-8-13/h3-9,17,22-24,31H,10-11H2,1-2H3,(H,30,32)/t17-,22+,23-,24+/m0/s1. The number of fused-ring (bicyclic) bond motifs is 3. The number of aromatic hydroxyl groups is 1. The smallest absolute Gasteiger partial charge is 0.310 e. The van der Waals surface area contributed by atoms with Crippen LogP contribution in [-0.2, 0) is 9.53 Å². The second-order valence-electron chi connectivity index (χ2n) is 9.25. The van der Waals surface area contributed by atoms with Crippen LogP contribution in [0.3, 0.4) is 0 Å². The summed E-state index contributed by atoms with van der Waals surface area (Å²) in [6.45, 7) is 0.0945. The van der Waals surface area contributed by atoms with Gasteiger partial charge in [-0.05, 0) is 47.0 Å². The number of ether oxygens (including phenoxy) is 5. The molecule has 196 valence electrons. The number of rotatable bonds is 5. The van der Waals surface area contributed by atoms with Gasteiger partial charge in [0.15, 0.2) is 23.0 Å². The number of phenols is 1. The van der Waals surface area contributed by atoms with Crippen LogP contribution < -0.4 is 24.3 Å². The van der Waals surface area contributed by atoms with Crippen LogP contribution in [0, 0.1) is 17.7 Å². The summed E-state index contributed by atoms with van der Waals surface area (Å²) in [5, 5.41) is 13.4. The van der Waals surface area contributed by atoms with Crippen molar-refractivity contribution in [2.45, 2.75) is 12.0 Å². The van der Waals surface area contributed by atoms with Crippen LogP contribution >= 0.6 is 0 Å². The molecule has 3 aliphatic rings. The Morgan fingerprint density at radius 3 is 2.37 bits per heavy atom. The number of nitrogens with zero attached hydrogens (tertiary/aromatic N) is 1. The van der Waals surface area contributed by atoms with E-state index < -0.39 is 41.5 Å². The molecule has 0 saturated carbocycles. The number of aromatic nitrogens is 1. The first kappa shape index (κ1) is 23.8. The van der Waals surface area contributed by atoms with Crippen LogP contribution in [-0.4, -0.2) is 49.6 Å². The van der Waals surface area contributed by atoms with Crippen molar-refractivity contribution in [3.63, 3.8) is 0 Å². The molecular formula is C27H23FN2O8. The van der Waals surface area contributed by atoms with Gasteiger partial charge in [-0.1, -0.05) is 0 Å². The first-order valence-corrected chi connectivity index (χ1v) is 11.9. The molecule has 1 aromatic heterocycles. The summed E-state index contributed by atoms with van der Waals surface area (Å²) < 4.78 is 41.3. The monoisotopic (exact) mass is 522 g/mol. The van der Waals surface area contributed by atoms with E-state index in [2.05, 4.69) is 10.3 Å². The summed E-state index contributed by atoms with van der Waals surface area (Å²) >= 11 is 0. The molecule has 0 bridgehead atoms. The van der Waals surface area contributed by atoms with Crippen LogP contribution in [0.1, 0.15) is 39.0 Å². The van der Waals surface area contributed by atoms with Crippen molar-refractivity contribution in [2.75, 3.05) is 27.6 Å². The molecule has 6 rings (SSSR count). The molecule has 3 aromatic rings. The van der Waals surface area contributed by atoms with E-state index >= 15 is 0 Å². The van der Waals surface area contributed by atoms with Gasteiger partial charge in [0.1, 0.15) is 5.82 Å². The highest BCUT2D eigenvalue weighted by Gasteiger charge is 2.53. The van der Waals surface area contributed by atoms with E-state index in [1.165, 1.54) is 20.4 Å². The van der Waals surface area contributed by atoms with E-state index in [-0.39, 0.29) is 36.2 Å². The fourth-order valence-corrected chi connectivity index (χ4v) is 5.60. The van der Waals surface area contributed by atoms with Gasteiger partial charge in [-0.25, -0.2) is 4.39 Å². The molecule has 11 heteroatoms. The van der Waals surface area contributed by atoms with Crippen LogP contribution in [0.5, 0.6) is 28.7 Å². The van der Waals surface area contributed by atoms with Gasteiger partial charge >= 0.3 is 5.97 Å². The zero-order valence-electron chi connectivity index (χ0n) is 20.4. The van der Waals surface area contributed by atoms with Crippen LogP contribution in [0.25, 0.3) is 0 Å². The first-order valence-electron chi connectivity index (χ1n) is 11.9. The summed E-state index contributed by atoms with van der Waals surface area (Å²) in [4.78, 5) is 30.1. The molecule has 1 amide bonds. The fraction of sp³-hybridized carbons (Fsp3) is 0.296. The molecule has 10 nitrogen and oxygen atoms in total. The molecule has 2 aliphatic heterocycles. The minimum absolute atomic E-state index is 0.0324. The lowest BCUT2D eigenvalue weighted by atomic mass is 9.65. The van der Waals surface area contributed by atoms with Gasteiger partial charge in [-0.3, -0.25) is 14.6 Å². The van der Waals surface area contributed by atoms with Crippen molar-refractivity contribution < 1.29 is 42.8 Å². The number of amides is 1. The maximum atomic E-state index is 13.8. The molecule has 0 unspecified atom stereocenters. The lowest BCUT2D eigenvalue weighted by Crippen LogP contribution is -2.42. The number of cyclic esters (lactones) is 1. The predicted octanol–water partition coefficient (Wildman–Crippen LogP) is 3.08. The van der Waals surface area contributed by atoms with Gasteiger partial charge in [-0.2, -0.15) is 0 Å². The van der Waals surface area contributed by atoms with Crippen LogP contribution in [0.15, 0.2) is 42.7 Å². The van der Waals surface area contributed by atoms with E-state index in [9.17, 15) is 19.1 Å².